The van der Waals surface area contributed by atoms with Gasteiger partial charge in [0.25, 0.3) is 0 Å². The molecule has 0 bridgehead atoms. The van der Waals surface area contributed by atoms with Crippen LogP contribution in [0.5, 0.6) is 0 Å². The predicted octanol–water partition coefficient (Wildman–Crippen LogP) is 2.85. The summed E-state index contributed by atoms with van der Waals surface area (Å²) in [5.74, 6) is 0.602. The van der Waals surface area contributed by atoms with E-state index in [0.29, 0.717) is 5.92 Å². The van der Waals surface area contributed by atoms with E-state index in [-0.39, 0.29) is 6.10 Å². The fourth-order valence-electron chi connectivity index (χ4n) is 2.66. The first-order valence-corrected chi connectivity index (χ1v) is 5.33. The van der Waals surface area contributed by atoms with Gasteiger partial charge in [-0.1, -0.05) is 17.7 Å². The highest BCUT2D eigenvalue weighted by molar-refractivity contribution is 5.41. The largest absolute Gasteiger partial charge is 0.393 e. The number of aliphatic hydroxyl groups is 1. The number of aryl methyl sites for hydroxylation is 3. The first-order valence-electron chi connectivity index (χ1n) is 5.33. The minimum absolute atomic E-state index is 0.0555. The highest BCUT2D eigenvalue weighted by atomic mass is 16.3. The van der Waals surface area contributed by atoms with Crippen LogP contribution < -0.4 is 0 Å². The maximum absolute atomic E-state index is 9.32. The number of hydrogen-bond donors (Lipinski definition) is 1. The summed E-state index contributed by atoms with van der Waals surface area (Å²) in [6, 6.07) is 4.49. The molecule has 1 fully saturated rings. The third-order valence-corrected chi connectivity index (χ3v) is 3.26. The van der Waals surface area contributed by atoms with E-state index in [0.717, 1.165) is 12.8 Å². The third kappa shape index (κ3) is 1.57. The summed E-state index contributed by atoms with van der Waals surface area (Å²) in [7, 11) is 0. The van der Waals surface area contributed by atoms with Gasteiger partial charge in [0.15, 0.2) is 0 Å². The molecule has 1 saturated carbocycles. The first kappa shape index (κ1) is 9.72. The monoisotopic (exact) mass is 190 g/mol. The highest BCUT2D eigenvalue weighted by Gasteiger charge is 2.30. The van der Waals surface area contributed by atoms with Crippen LogP contribution in [-0.2, 0) is 0 Å². The molecule has 0 radical (unpaired) electrons. The smallest absolute Gasteiger partial charge is 0.0552 e. The van der Waals surface area contributed by atoms with Crippen LogP contribution >= 0.6 is 0 Å². The fourth-order valence-corrected chi connectivity index (χ4v) is 2.66. The van der Waals surface area contributed by atoms with E-state index in [1.807, 2.05) is 0 Å². The molecule has 0 atom stereocenters. The van der Waals surface area contributed by atoms with Crippen LogP contribution in [0.3, 0.4) is 0 Å². The molecule has 1 aromatic rings. The van der Waals surface area contributed by atoms with Crippen molar-refractivity contribution < 1.29 is 5.11 Å². The predicted molar refractivity (Wildman–Crippen MR) is 58.6 cm³/mol. The molecule has 1 N–H and O–H groups in total. The quantitative estimate of drug-likeness (QED) is 0.722. The minimum atomic E-state index is -0.0555. The van der Waals surface area contributed by atoms with E-state index in [9.17, 15) is 5.11 Å². The molecule has 0 amide bonds. The molecular weight excluding hydrogens is 172 g/mol. The van der Waals surface area contributed by atoms with Crippen LogP contribution in [0.2, 0.25) is 0 Å². The summed E-state index contributed by atoms with van der Waals surface area (Å²) in [5, 5.41) is 9.32. The number of rotatable bonds is 1. The van der Waals surface area contributed by atoms with Crippen LogP contribution in [0.4, 0.5) is 0 Å². The molecule has 1 aliphatic carbocycles. The molecule has 0 aliphatic heterocycles. The lowest BCUT2D eigenvalue weighted by molar-refractivity contribution is 0.0742. The van der Waals surface area contributed by atoms with E-state index >= 15 is 0 Å². The second-order valence-corrected chi connectivity index (χ2v) is 4.63. The van der Waals surface area contributed by atoms with Gasteiger partial charge >= 0.3 is 0 Å². The molecular formula is C13H18O. The third-order valence-electron chi connectivity index (χ3n) is 3.26. The van der Waals surface area contributed by atoms with Crippen molar-refractivity contribution in [3.63, 3.8) is 0 Å². The van der Waals surface area contributed by atoms with E-state index in [4.69, 9.17) is 0 Å². The van der Waals surface area contributed by atoms with Crippen LogP contribution in [0.1, 0.15) is 41.0 Å². The summed E-state index contributed by atoms with van der Waals surface area (Å²) < 4.78 is 0. The molecule has 0 heterocycles. The number of aliphatic hydroxyl groups excluding tert-OH is 1. The van der Waals surface area contributed by atoms with Crippen molar-refractivity contribution in [2.45, 2.75) is 45.6 Å². The topological polar surface area (TPSA) is 20.2 Å². The summed E-state index contributed by atoms with van der Waals surface area (Å²) in [5.41, 5.74) is 5.59. The Balaban J connectivity index is 2.33. The summed E-state index contributed by atoms with van der Waals surface area (Å²) in [6.07, 6.45) is 1.84. The Morgan fingerprint density at radius 2 is 1.57 bits per heavy atom. The zero-order chi connectivity index (χ0) is 10.3. The molecule has 14 heavy (non-hydrogen) atoms. The maximum Gasteiger partial charge on any atom is 0.0552 e. The zero-order valence-electron chi connectivity index (χ0n) is 9.17. The molecule has 0 unspecified atom stereocenters. The lowest BCUT2D eigenvalue weighted by Gasteiger charge is -2.34. The molecule has 1 nitrogen and oxygen atoms in total. The van der Waals surface area contributed by atoms with Crippen molar-refractivity contribution >= 4 is 0 Å². The van der Waals surface area contributed by atoms with Crippen LogP contribution in [-0.4, -0.2) is 11.2 Å². The molecule has 1 aliphatic rings. The Hall–Kier alpha value is -0.820. The average molecular weight is 190 g/mol. The van der Waals surface area contributed by atoms with E-state index < -0.39 is 0 Å². The molecule has 0 aromatic heterocycles. The van der Waals surface area contributed by atoms with Gasteiger partial charge in [0.05, 0.1) is 6.10 Å². The minimum Gasteiger partial charge on any atom is -0.393 e. The van der Waals surface area contributed by atoms with Gasteiger partial charge in [-0.2, -0.15) is 0 Å². The van der Waals surface area contributed by atoms with Crippen molar-refractivity contribution in [3.8, 4) is 0 Å². The van der Waals surface area contributed by atoms with Crippen molar-refractivity contribution in [2.24, 2.45) is 0 Å². The number of benzene rings is 1. The lowest BCUT2D eigenvalue weighted by Crippen LogP contribution is -2.27. The van der Waals surface area contributed by atoms with Gasteiger partial charge in [-0.15, -0.1) is 0 Å². The Bertz CT molecular complexity index is 325. The lowest BCUT2D eigenvalue weighted by atomic mass is 9.74. The Morgan fingerprint density at radius 1 is 1.07 bits per heavy atom. The molecule has 0 saturated heterocycles. The molecule has 1 aromatic carbocycles. The summed E-state index contributed by atoms with van der Waals surface area (Å²) in [6.45, 7) is 6.50. The van der Waals surface area contributed by atoms with Crippen molar-refractivity contribution in [2.75, 3.05) is 0 Å². The van der Waals surface area contributed by atoms with Crippen molar-refractivity contribution in [1.29, 1.82) is 0 Å². The van der Waals surface area contributed by atoms with Gasteiger partial charge in [-0.25, -0.2) is 0 Å². The van der Waals surface area contributed by atoms with Crippen LogP contribution in [0, 0.1) is 20.8 Å². The first-order chi connectivity index (χ1) is 6.58. The molecule has 1 heteroatoms. The van der Waals surface area contributed by atoms with Gasteiger partial charge in [0.1, 0.15) is 0 Å². The van der Waals surface area contributed by atoms with Crippen molar-refractivity contribution in [1.82, 2.24) is 0 Å². The zero-order valence-corrected chi connectivity index (χ0v) is 9.17. The highest BCUT2D eigenvalue weighted by Crippen LogP contribution is 2.40. The average Bonchev–Trinajstić information content (AvgIpc) is 1.99. The van der Waals surface area contributed by atoms with Gasteiger partial charge in [0.2, 0.25) is 0 Å². The van der Waals surface area contributed by atoms with Gasteiger partial charge < -0.3 is 5.11 Å². The van der Waals surface area contributed by atoms with Crippen LogP contribution in [0.25, 0.3) is 0 Å². The SMILES string of the molecule is Cc1cc(C)c(C2CC(O)C2)c(C)c1. The van der Waals surface area contributed by atoms with Gasteiger partial charge in [-0.3, -0.25) is 0 Å². The molecule has 76 valence electrons. The standard InChI is InChI=1S/C13H18O/c1-8-4-9(2)13(10(3)5-8)11-6-12(14)7-11/h4-5,11-12,14H,6-7H2,1-3H3. The van der Waals surface area contributed by atoms with E-state index in [1.54, 1.807) is 0 Å². The van der Waals surface area contributed by atoms with E-state index in [2.05, 4.69) is 32.9 Å². The molecule has 0 spiro atoms. The maximum atomic E-state index is 9.32. The Kier molecular flexibility index (Phi) is 2.36. The Labute approximate surface area is 85.8 Å². The second-order valence-electron chi connectivity index (χ2n) is 4.63. The summed E-state index contributed by atoms with van der Waals surface area (Å²) >= 11 is 0. The van der Waals surface area contributed by atoms with Crippen LogP contribution in [0.15, 0.2) is 12.1 Å². The van der Waals surface area contributed by atoms with Crippen molar-refractivity contribution in [3.05, 3.63) is 34.4 Å². The number of hydrogen-bond acceptors (Lipinski definition) is 1. The Morgan fingerprint density at radius 3 is 2.00 bits per heavy atom. The normalized spacial score (nSPS) is 26.0. The molecule has 2 rings (SSSR count). The second kappa shape index (κ2) is 3.39. The van der Waals surface area contributed by atoms with Gasteiger partial charge in [-0.05, 0) is 56.2 Å². The fraction of sp³-hybridized carbons (Fsp3) is 0.538. The summed E-state index contributed by atoms with van der Waals surface area (Å²) in [4.78, 5) is 0. The van der Waals surface area contributed by atoms with E-state index in [1.165, 1.54) is 22.3 Å². The van der Waals surface area contributed by atoms with Gasteiger partial charge in [0, 0.05) is 0 Å².